The number of carbonyl (C=O) groups is 1. The molecule has 3 fully saturated rings. The van der Waals surface area contributed by atoms with E-state index in [1.165, 1.54) is 4.70 Å². The molecular formula is C21H27N3O2S. The van der Waals surface area contributed by atoms with Gasteiger partial charge in [-0.2, -0.15) is 0 Å². The number of anilines is 1. The summed E-state index contributed by atoms with van der Waals surface area (Å²) in [5, 5.41) is 10.8. The predicted octanol–water partition coefficient (Wildman–Crippen LogP) is 3.42. The first-order valence-corrected chi connectivity index (χ1v) is 11.1. The molecule has 1 spiro atoms. The molecule has 1 amide bonds. The Morgan fingerprint density at radius 2 is 1.93 bits per heavy atom. The van der Waals surface area contributed by atoms with E-state index in [1.807, 2.05) is 6.07 Å². The number of rotatable bonds is 2. The molecule has 1 saturated carbocycles. The molecule has 6 heteroatoms. The summed E-state index contributed by atoms with van der Waals surface area (Å²) in [6.07, 6.45) is 6.41. The van der Waals surface area contributed by atoms with Gasteiger partial charge in [-0.1, -0.05) is 23.5 Å². The highest BCUT2D eigenvalue weighted by molar-refractivity contribution is 7.22. The number of aliphatic hydroxyl groups excluding tert-OH is 1. The summed E-state index contributed by atoms with van der Waals surface area (Å²) < 4.78 is 1.22. The molecule has 2 saturated heterocycles. The molecule has 1 N–H and O–H groups in total. The number of carbonyl (C=O) groups excluding carboxylic acids is 1. The monoisotopic (exact) mass is 385 g/mol. The Balaban J connectivity index is 1.35. The first-order valence-electron chi connectivity index (χ1n) is 10.2. The number of aliphatic hydroxyl groups is 1. The first-order chi connectivity index (χ1) is 13.1. The van der Waals surface area contributed by atoms with Crippen LogP contribution in [0.15, 0.2) is 24.3 Å². The van der Waals surface area contributed by atoms with E-state index in [0.717, 1.165) is 75.2 Å². The lowest BCUT2D eigenvalue weighted by atomic mass is 9.78. The second-order valence-electron chi connectivity index (χ2n) is 8.48. The van der Waals surface area contributed by atoms with Gasteiger partial charge < -0.3 is 14.9 Å². The Morgan fingerprint density at radius 1 is 1.11 bits per heavy atom. The van der Waals surface area contributed by atoms with Crippen LogP contribution >= 0.6 is 11.3 Å². The summed E-state index contributed by atoms with van der Waals surface area (Å²) in [4.78, 5) is 22.8. The fraction of sp³-hybridized carbons (Fsp3) is 0.619. The maximum Gasteiger partial charge on any atom is 0.230 e. The summed E-state index contributed by atoms with van der Waals surface area (Å²) in [6.45, 7) is 2.68. The Labute approximate surface area is 164 Å². The fourth-order valence-electron chi connectivity index (χ4n) is 5.23. The molecule has 5 rings (SSSR count). The van der Waals surface area contributed by atoms with Gasteiger partial charge in [-0.05, 0) is 57.1 Å². The van der Waals surface area contributed by atoms with Crippen molar-refractivity contribution >= 4 is 32.6 Å². The van der Waals surface area contributed by atoms with E-state index < -0.39 is 0 Å². The van der Waals surface area contributed by atoms with Crippen LogP contribution in [0, 0.1) is 5.41 Å². The van der Waals surface area contributed by atoms with E-state index in [9.17, 15) is 9.90 Å². The van der Waals surface area contributed by atoms with Crippen LogP contribution in [-0.4, -0.2) is 52.7 Å². The van der Waals surface area contributed by atoms with Crippen molar-refractivity contribution in [3.05, 3.63) is 24.3 Å². The van der Waals surface area contributed by atoms with Gasteiger partial charge in [0.1, 0.15) is 0 Å². The van der Waals surface area contributed by atoms with E-state index in [-0.39, 0.29) is 11.5 Å². The van der Waals surface area contributed by atoms with Crippen LogP contribution in [0.2, 0.25) is 0 Å². The van der Waals surface area contributed by atoms with Crippen molar-refractivity contribution in [1.82, 2.24) is 9.88 Å². The molecule has 27 heavy (non-hydrogen) atoms. The minimum atomic E-state index is -0.230. The zero-order valence-electron chi connectivity index (χ0n) is 15.6. The summed E-state index contributed by atoms with van der Waals surface area (Å²) >= 11 is 1.74. The smallest absolute Gasteiger partial charge is 0.230 e. The lowest BCUT2D eigenvalue weighted by Gasteiger charge is -2.40. The average Bonchev–Trinajstić information content (AvgIpc) is 3.25. The maximum atomic E-state index is 13.4. The second-order valence-corrected chi connectivity index (χ2v) is 9.49. The molecule has 2 aliphatic heterocycles. The van der Waals surface area contributed by atoms with Crippen LogP contribution in [0.5, 0.6) is 0 Å². The van der Waals surface area contributed by atoms with Crippen molar-refractivity contribution in [2.24, 2.45) is 5.41 Å². The van der Waals surface area contributed by atoms with Crippen LogP contribution in [0.3, 0.4) is 0 Å². The summed E-state index contributed by atoms with van der Waals surface area (Å²) in [6, 6.07) is 8.61. The van der Waals surface area contributed by atoms with E-state index in [2.05, 4.69) is 28.0 Å². The molecule has 0 radical (unpaired) electrons. The van der Waals surface area contributed by atoms with Crippen LogP contribution in [0.4, 0.5) is 5.13 Å². The molecular weight excluding hydrogens is 358 g/mol. The van der Waals surface area contributed by atoms with Crippen molar-refractivity contribution in [3.8, 4) is 0 Å². The fourth-order valence-corrected chi connectivity index (χ4v) is 6.23. The zero-order valence-corrected chi connectivity index (χ0v) is 16.5. The number of hydrogen-bond donors (Lipinski definition) is 1. The highest BCUT2D eigenvalue weighted by Crippen LogP contribution is 2.44. The number of likely N-dealkylation sites (tertiary alicyclic amines) is 1. The Morgan fingerprint density at radius 3 is 2.74 bits per heavy atom. The summed E-state index contributed by atoms with van der Waals surface area (Å²) in [5.41, 5.74) is 0.823. The van der Waals surface area contributed by atoms with Crippen molar-refractivity contribution in [1.29, 1.82) is 0 Å². The Bertz CT molecular complexity index is 812. The van der Waals surface area contributed by atoms with Gasteiger partial charge in [0.2, 0.25) is 5.91 Å². The van der Waals surface area contributed by atoms with E-state index in [1.54, 1.807) is 11.3 Å². The van der Waals surface area contributed by atoms with Gasteiger partial charge in [-0.25, -0.2) is 4.98 Å². The molecule has 0 bridgehead atoms. The topological polar surface area (TPSA) is 56.7 Å². The third kappa shape index (κ3) is 3.03. The molecule has 5 nitrogen and oxygen atoms in total. The molecule has 144 valence electrons. The quantitative estimate of drug-likeness (QED) is 0.861. The number of hydrogen-bond acceptors (Lipinski definition) is 5. The van der Waals surface area contributed by atoms with Crippen molar-refractivity contribution in [2.75, 3.05) is 24.5 Å². The van der Waals surface area contributed by atoms with Crippen LogP contribution in [0.1, 0.15) is 44.9 Å². The van der Waals surface area contributed by atoms with Crippen molar-refractivity contribution < 1.29 is 9.90 Å². The lowest BCUT2D eigenvalue weighted by molar-refractivity contribution is -0.139. The van der Waals surface area contributed by atoms with Gasteiger partial charge in [0.15, 0.2) is 5.13 Å². The maximum absolute atomic E-state index is 13.4. The molecule has 1 atom stereocenters. The first kappa shape index (κ1) is 17.4. The number of amides is 1. The molecule has 3 aliphatic rings. The average molecular weight is 386 g/mol. The van der Waals surface area contributed by atoms with Gasteiger partial charge in [-0.15, -0.1) is 0 Å². The number of thiazole rings is 1. The molecule has 1 aromatic heterocycles. The highest BCUT2D eigenvalue weighted by atomic mass is 32.1. The molecule has 1 aromatic carbocycles. The third-order valence-corrected chi connectivity index (χ3v) is 7.88. The van der Waals surface area contributed by atoms with Gasteiger partial charge >= 0.3 is 0 Å². The predicted molar refractivity (Wildman–Crippen MR) is 108 cm³/mol. The van der Waals surface area contributed by atoms with Crippen LogP contribution < -0.4 is 4.90 Å². The highest BCUT2D eigenvalue weighted by Gasteiger charge is 2.50. The van der Waals surface area contributed by atoms with Gasteiger partial charge in [0.25, 0.3) is 0 Å². The minimum absolute atomic E-state index is 0.169. The number of piperidine rings is 1. The van der Waals surface area contributed by atoms with E-state index in [4.69, 9.17) is 4.98 Å². The molecule has 1 unspecified atom stereocenters. The SMILES string of the molecule is O=C1N([C@H]2CC[C@H](O)CC2)CCC12CCCN(c1nc3ccccc3s1)C2. The van der Waals surface area contributed by atoms with Gasteiger partial charge in [0.05, 0.1) is 21.7 Å². The lowest BCUT2D eigenvalue weighted by Crippen LogP contribution is -2.50. The van der Waals surface area contributed by atoms with Crippen molar-refractivity contribution in [3.63, 3.8) is 0 Å². The Kier molecular flexibility index (Phi) is 4.36. The zero-order chi connectivity index (χ0) is 18.4. The largest absolute Gasteiger partial charge is 0.393 e. The number of aromatic nitrogens is 1. The second kappa shape index (κ2) is 6.74. The number of nitrogens with zero attached hydrogens (tertiary/aromatic N) is 3. The minimum Gasteiger partial charge on any atom is -0.393 e. The third-order valence-electron chi connectivity index (χ3n) is 6.78. The normalized spacial score (nSPS) is 32.0. The Hall–Kier alpha value is -1.66. The number of benzene rings is 1. The number of para-hydroxylation sites is 1. The van der Waals surface area contributed by atoms with Gasteiger partial charge in [0, 0.05) is 25.7 Å². The summed E-state index contributed by atoms with van der Waals surface area (Å²) in [7, 11) is 0. The van der Waals surface area contributed by atoms with Crippen LogP contribution in [0.25, 0.3) is 10.2 Å². The van der Waals surface area contributed by atoms with Crippen LogP contribution in [-0.2, 0) is 4.79 Å². The molecule has 3 heterocycles. The molecule has 2 aromatic rings. The van der Waals surface area contributed by atoms with E-state index >= 15 is 0 Å². The molecule has 1 aliphatic carbocycles. The van der Waals surface area contributed by atoms with E-state index in [0.29, 0.717) is 11.9 Å². The number of fused-ring (bicyclic) bond motifs is 1. The standard InChI is InChI=1S/C21H27N3O2S/c25-16-8-6-15(7-9-16)24-13-11-21(19(24)26)10-3-12-23(14-21)20-22-17-4-1-2-5-18(17)27-20/h1-2,4-5,15-16,25H,3,6-14H2/t15-,16-,21?. The van der Waals surface area contributed by atoms with Gasteiger partial charge in [-0.3, -0.25) is 4.79 Å². The van der Waals surface area contributed by atoms with Crippen molar-refractivity contribution in [2.45, 2.75) is 57.1 Å². The summed E-state index contributed by atoms with van der Waals surface area (Å²) in [5.74, 6) is 0.356.